The molecule has 0 saturated heterocycles. The van der Waals surface area contributed by atoms with Crippen molar-refractivity contribution >= 4 is 0 Å². The van der Waals surface area contributed by atoms with Crippen LogP contribution in [0.15, 0.2) is 60.7 Å². The fraction of sp³-hybridized carbons (Fsp3) is 0.586. The molecule has 0 aliphatic heterocycles. The number of hydrogen-bond acceptors (Lipinski definition) is 1. The minimum absolute atomic E-state index is 0.183. The first-order chi connectivity index (χ1) is 14.8. The van der Waals surface area contributed by atoms with Gasteiger partial charge in [0.05, 0.1) is 0 Å². The molecule has 30 heavy (non-hydrogen) atoms. The molecule has 0 aliphatic carbocycles. The highest BCUT2D eigenvalue weighted by atomic mass is 14.6. The molecule has 0 bridgehead atoms. The van der Waals surface area contributed by atoms with E-state index in [2.05, 4.69) is 67.6 Å². The van der Waals surface area contributed by atoms with Gasteiger partial charge in [0.15, 0.2) is 0 Å². The third-order valence-electron chi connectivity index (χ3n) is 6.39. The summed E-state index contributed by atoms with van der Waals surface area (Å²) in [7, 11) is 0. The van der Waals surface area contributed by atoms with Gasteiger partial charge in [0.1, 0.15) is 0 Å². The van der Waals surface area contributed by atoms with E-state index < -0.39 is 0 Å². The maximum Gasteiger partial charge on any atom is 0.0241 e. The van der Waals surface area contributed by atoms with Gasteiger partial charge in [-0.05, 0) is 17.5 Å². The largest absolute Gasteiger partial charge is 0.327 e. The molecule has 166 valence electrons. The second-order valence-electron chi connectivity index (χ2n) is 8.99. The molecule has 1 heteroatoms. The zero-order valence-electron chi connectivity index (χ0n) is 19.4. The molecular weight excluding hydrogens is 362 g/mol. The summed E-state index contributed by atoms with van der Waals surface area (Å²) < 4.78 is 0. The van der Waals surface area contributed by atoms with Crippen LogP contribution in [0.2, 0.25) is 0 Å². The standard InChI is InChI=1S/C29H45N/c1-2-3-4-5-6-7-8-9-10-11-12-13-20-25-28(30)29(26-21-16-14-17-22-26)27-23-18-15-19-24-27/h14-19,21-24,28-29H,2-13,20,25,30H2,1H3. The van der Waals surface area contributed by atoms with Crippen LogP contribution >= 0.6 is 0 Å². The van der Waals surface area contributed by atoms with E-state index in [1.165, 1.54) is 94.6 Å². The van der Waals surface area contributed by atoms with Gasteiger partial charge in [-0.15, -0.1) is 0 Å². The zero-order chi connectivity index (χ0) is 21.3. The van der Waals surface area contributed by atoms with Crippen LogP contribution in [0.3, 0.4) is 0 Å². The first-order valence-corrected chi connectivity index (χ1v) is 12.7. The molecule has 0 aromatic heterocycles. The predicted octanol–water partition coefficient (Wildman–Crippen LogP) is 8.63. The molecular formula is C29H45N. The minimum Gasteiger partial charge on any atom is -0.327 e. The van der Waals surface area contributed by atoms with Gasteiger partial charge in [-0.25, -0.2) is 0 Å². The lowest BCUT2D eigenvalue weighted by Crippen LogP contribution is -2.29. The average molecular weight is 408 g/mol. The van der Waals surface area contributed by atoms with Gasteiger partial charge in [0.25, 0.3) is 0 Å². The van der Waals surface area contributed by atoms with Gasteiger partial charge in [-0.3, -0.25) is 0 Å². The maximum absolute atomic E-state index is 6.72. The van der Waals surface area contributed by atoms with Crippen molar-refractivity contribution in [1.29, 1.82) is 0 Å². The fourth-order valence-electron chi connectivity index (χ4n) is 4.57. The Morgan fingerprint density at radius 3 is 1.30 bits per heavy atom. The number of hydrogen-bond donors (Lipinski definition) is 1. The minimum atomic E-state index is 0.183. The summed E-state index contributed by atoms with van der Waals surface area (Å²) in [5.41, 5.74) is 9.40. The van der Waals surface area contributed by atoms with Crippen molar-refractivity contribution in [1.82, 2.24) is 0 Å². The summed E-state index contributed by atoms with van der Waals surface area (Å²) in [6, 6.07) is 21.8. The quantitative estimate of drug-likeness (QED) is 0.261. The normalized spacial score (nSPS) is 12.4. The molecule has 2 rings (SSSR count). The van der Waals surface area contributed by atoms with Crippen molar-refractivity contribution in [2.45, 2.75) is 109 Å². The summed E-state index contributed by atoms with van der Waals surface area (Å²) in [6.07, 6.45) is 19.3. The number of unbranched alkanes of at least 4 members (excludes halogenated alkanes) is 12. The Labute approximate surface area is 186 Å². The van der Waals surface area contributed by atoms with Crippen LogP contribution in [0.25, 0.3) is 0 Å². The summed E-state index contributed by atoms with van der Waals surface area (Å²) in [4.78, 5) is 0. The van der Waals surface area contributed by atoms with E-state index in [0.717, 1.165) is 6.42 Å². The molecule has 0 aliphatic rings. The van der Waals surface area contributed by atoms with Crippen LogP contribution in [0, 0.1) is 0 Å². The monoisotopic (exact) mass is 407 g/mol. The molecule has 1 unspecified atom stereocenters. The molecule has 2 aromatic rings. The van der Waals surface area contributed by atoms with Gasteiger partial charge in [-0.2, -0.15) is 0 Å². The summed E-state index contributed by atoms with van der Waals surface area (Å²) in [5.74, 6) is 0.296. The number of benzene rings is 2. The fourth-order valence-corrected chi connectivity index (χ4v) is 4.57. The van der Waals surface area contributed by atoms with Crippen molar-refractivity contribution in [3.8, 4) is 0 Å². The van der Waals surface area contributed by atoms with E-state index in [1.54, 1.807) is 0 Å². The van der Waals surface area contributed by atoms with Crippen molar-refractivity contribution < 1.29 is 0 Å². The highest BCUT2D eigenvalue weighted by Crippen LogP contribution is 2.29. The Kier molecular flexibility index (Phi) is 13.3. The van der Waals surface area contributed by atoms with Crippen molar-refractivity contribution in [2.75, 3.05) is 0 Å². The predicted molar refractivity (Wildman–Crippen MR) is 133 cm³/mol. The smallest absolute Gasteiger partial charge is 0.0241 e. The van der Waals surface area contributed by atoms with E-state index in [4.69, 9.17) is 5.73 Å². The number of rotatable bonds is 17. The lowest BCUT2D eigenvalue weighted by Gasteiger charge is -2.25. The molecule has 0 saturated carbocycles. The topological polar surface area (TPSA) is 26.0 Å². The number of nitrogens with two attached hydrogens (primary N) is 1. The molecule has 0 spiro atoms. The van der Waals surface area contributed by atoms with Gasteiger partial charge >= 0.3 is 0 Å². The van der Waals surface area contributed by atoms with Crippen molar-refractivity contribution in [2.24, 2.45) is 5.73 Å². The van der Waals surface area contributed by atoms with Crippen molar-refractivity contribution in [3.63, 3.8) is 0 Å². The Bertz CT molecular complexity index is 582. The van der Waals surface area contributed by atoms with Crippen LogP contribution < -0.4 is 5.73 Å². The third kappa shape index (κ3) is 9.94. The average Bonchev–Trinajstić information content (AvgIpc) is 2.78. The molecule has 0 radical (unpaired) electrons. The van der Waals surface area contributed by atoms with Gasteiger partial charge in [-0.1, -0.05) is 151 Å². The van der Waals surface area contributed by atoms with E-state index >= 15 is 0 Å². The van der Waals surface area contributed by atoms with E-state index in [9.17, 15) is 0 Å². The van der Waals surface area contributed by atoms with Crippen molar-refractivity contribution in [3.05, 3.63) is 71.8 Å². The van der Waals surface area contributed by atoms with Gasteiger partial charge < -0.3 is 5.73 Å². The van der Waals surface area contributed by atoms with E-state index in [1.807, 2.05) is 0 Å². The summed E-state index contributed by atoms with van der Waals surface area (Å²) >= 11 is 0. The van der Waals surface area contributed by atoms with Crippen LogP contribution in [0.4, 0.5) is 0 Å². The molecule has 2 aromatic carbocycles. The lowest BCUT2D eigenvalue weighted by atomic mass is 9.83. The Morgan fingerprint density at radius 2 is 0.900 bits per heavy atom. The molecule has 1 atom stereocenters. The highest BCUT2D eigenvalue weighted by molar-refractivity contribution is 5.34. The van der Waals surface area contributed by atoms with Crippen LogP contribution in [0.5, 0.6) is 0 Å². The zero-order valence-corrected chi connectivity index (χ0v) is 19.4. The lowest BCUT2D eigenvalue weighted by molar-refractivity contribution is 0.494. The van der Waals surface area contributed by atoms with E-state index in [-0.39, 0.29) is 6.04 Å². The first-order valence-electron chi connectivity index (χ1n) is 12.7. The van der Waals surface area contributed by atoms with Crippen LogP contribution in [-0.2, 0) is 0 Å². The molecule has 0 amide bonds. The summed E-state index contributed by atoms with van der Waals surface area (Å²) in [5, 5.41) is 0. The van der Waals surface area contributed by atoms with E-state index in [0.29, 0.717) is 5.92 Å². The SMILES string of the molecule is CCCCCCCCCCCCCCCC(N)C(c1ccccc1)c1ccccc1. The maximum atomic E-state index is 6.72. The Hall–Kier alpha value is -1.60. The second-order valence-corrected chi connectivity index (χ2v) is 8.99. The molecule has 0 heterocycles. The molecule has 2 N–H and O–H groups in total. The Balaban J connectivity index is 1.59. The second kappa shape index (κ2) is 16.1. The van der Waals surface area contributed by atoms with Gasteiger partial charge in [0.2, 0.25) is 0 Å². The van der Waals surface area contributed by atoms with Gasteiger partial charge in [0, 0.05) is 12.0 Å². The van der Waals surface area contributed by atoms with Crippen LogP contribution in [0.1, 0.15) is 114 Å². The molecule has 0 fully saturated rings. The third-order valence-corrected chi connectivity index (χ3v) is 6.39. The Morgan fingerprint density at radius 1 is 0.533 bits per heavy atom. The summed E-state index contributed by atoms with van der Waals surface area (Å²) in [6.45, 7) is 2.29. The highest BCUT2D eigenvalue weighted by Gasteiger charge is 2.21. The first kappa shape index (κ1) is 24.7. The van der Waals surface area contributed by atoms with Crippen LogP contribution in [-0.4, -0.2) is 6.04 Å². The molecule has 1 nitrogen and oxygen atoms in total.